The highest BCUT2D eigenvalue weighted by Crippen LogP contribution is 2.20. The Kier molecular flexibility index (Phi) is 6.90. The van der Waals surface area contributed by atoms with E-state index in [2.05, 4.69) is 42.0 Å². The molecule has 1 heterocycles. The van der Waals surface area contributed by atoms with E-state index in [-0.39, 0.29) is 6.04 Å². The molecule has 2 nitrogen and oxygen atoms in total. The molecule has 2 atom stereocenters. The lowest BCUT2D eigenvalue weighted by molar-refractivity contribution is 0.375. The van der Waals surface area contributed by atoms with Crippen LogP contribution in [0.25, 0.3) is 0 Å². The van der Waals surface area contributed by atoms with E-state index in [9.17, 15) is 0 Å². The highest BCUT2D eigenvalue weighted by Gasteiger charge is 2.12. The predicted molar refractivity (Wildman–Crippen MR) is 76.2 cm³/mol. The average Bonchev–Trinajstić information content (AvgIpc) is 2.71. The minimum atomic E-state index is 0.280. The quantitative estimate of drug-likeness (QED) is 0.680. The van der Waals surface area contributed by atoms with Crippen molar-refractivity contribution < 1.29 is 4.42 Å². The fourth-order valence-electron chi connectivity index (χ4n) is 2.03. The number of unbranched alkanes of at least 4 members (excludes halogenated alkanes) is 3. The van der Waals surface area contributed by atoms with Crippen molar-refractivity contribution in [1.82, 2.24) is 5.32 Å². The molecule has 98 valence electrons. The Balaban J connectivity index is 2.23. The second-order valence-corrected chi connectivity index (χ2v) is 5.56. The Morgan fingerprint density at radius 1 is 1.24 bits per heavy atom. The molecule has 0 saturated heterocycles. The molecule has 0 saturated carbocycles. The third-order valence-electron chi connectivity index (χ3n) is 3.05. The van der Waals surface area contributed by atoms with Gasteiger partial charge in [-0.15, -0.1) is 0 Å². The van der Waals surface area contributed by atoms with Crippen LogP contribution < -0.4 is 5.32 Å². The van der Waals surface area contributed by atoms with Gasteiger partial charge >= 0.3 is 0 Å². The average molecular weight is 302 g/mol. The summed E-state index contributed by atoms with van der Waals surface area (Å²) in [7, 11) is 0. The van der Waals surface area contributed by atoms with Crippen molar-refractivity contribution in [2.45, 2.75) is 65.0 Å². The summed E-state index contributed by atoms with van der Waals surface area (Å²) in [5.74, 6) is 0.997. The van der Waals surface area contributed by atoms with Gasteiger partial charge in [0.25, 0.3) is 0 Å². The summed E-state index contributed by atoms with van der Waals surface area (Å²) in [6.45, 7) is 6.65. The topological polar surface area (TPSA) is 25.2 Å². The summed E-state index contributed by atoms with van der Waals surface area (Å²) in [5, 5.41) is 3.57. The highest BCUT2D eigenvalue weighted by atomic mass is 79.9. The van der Waals surface area contributed by atoms with Gasteiger partial charge in [0.05, 0.1) is 6.04 Å². The largest absolute Gasteiger partial charge is 0.453 e. The monoisotopic (exact) mass is 301 g/mol. The van der Waals surface area contributed by atoms with E-state index in [4.69, 9.17) is 4.42 Å². The van der Waals surface area contributed by atoms with Gasteiger partial charge in [-0.25, -0.2) is 0 Å². The van der Waals surface area contributed by atoms with Crippen molar-refractivity contribution in [3.63, 3.8) is 0 Å². The van der Waals surface area contributed by atoms with Gasteiger partial charge in [0.15, 0.2) is 4.67 Å². The van der Waals surface area contributed by atoms with Gasteiger partial charge in [0.1, 0.15) is 5.76 Å². The van der Waals surface area contributed by atoms with Crippen molar-refractivity contribution >= 4 is 15.9 Å². The molecular formula is C14H24BrNO. The standard InChI is InChI=1S/C14H24BrNO/c1-4-5-6-7-8-11(2)16-12(3)13-9-10-14(15)17-13/h9-12,16H,4-8H2,1-3H3. The Morgan fingerprint density at radius 2 is 2.00 bits per heavy atom. The van der Waals surface area contributed by atoms with E-state index >= 15 is 0 Å². The second kappa shape index (κ2) is 7.93. The van der Waals surface area contributed by atoms with Crippen molar-refractivity contribution in [3.8, 4) is 0 Å². The molecule has 0 aromatic carbocycles. The number of furan rings is 1. The molecule has 1 aromatic rings. The zero-order valence-electron chi connectivity index (χ0n) is 11.1. The van der Waals surface area contributed by atoms with Crippen LogP contribution in [0.4, 0.5) is 0 Å². The molecule has 1 N–H and O–H groups in total. The highest BCUT2D eigenvalue weighted by molar-refractivity contribution is 9.10. The minimum Gasteiger partial charge on any atom is -0.453 e. The number of nitrogens with one attached hydrogen (secondary N) is 1. The first-order valence-electron chi connectivity index (χ1n) is 6.64. The van der Waals surface area contributed by atoms with Crippen molar-refractivity contribution in [2.24, 2.45) is 0 Å². The Labute approximate surface area is 113 Å². The molecule has 0 spiro atoms. The first-order chi connectivity index (χ1) is 8.13. The third-order valence-corrected chi connectivity index (χ3v) is 3.47. The van der Waals surface area contributed by atoms with E-state index in [1.165, 1.54) is 32.1 Å². The molecule has 17 heavy (non-hydrogen) atoms. The molecule has 0 bridgehead atoms. The van der Waals surface area contributed by atoms with Gasteiger partial charge in [-0.05, 0) is 48.3 Å². The lowest BCUT2D eigenvalue weighted by Gasteiger charge is -2.18. The predicted octanol–water partition coefficient (Wildman–Crippen LogP) is 5.05. The van der Waals surface area contributed by atoms with Crippen LogP contribution in [0.15, 0.2) is 21.2 Å². The van der Waals surface area contributed by atoms with Crippen molar-refractivity contribution in [2.75, 3.05) is 0 Å². The summed E-state index contributed by atoms with van der Waals surface area (Å²) in [5.41, 5.74) is 0. The lowest BCUT2D eigenvalue weighted by atomic mass is 10.1. The normalized spacial score (nSPS) is 14.8. The van der Waals surface area contributed by atoms with Crippen LogP contribution in [0.5, 0.6) is 0 Å². The number of rotatable bonds is 8. The lowest BCUT2D eigenvalue weighted by Crippen LogP contribution is -2.28. The number of halogens is 1. The van der Waals surface area contributed by atoms with Gasteiger partial charge in [0, 0.05) is 6.04 Å². The van der Waals surface area contributed by atoms with Crippen LogP contribution in [-0.4, -0.2) is 6.04 Å². The molecule has 0 amide bonds. The van der Waals surface area contributed by atoms with E-state index in [1.54, 1.807) is 0 Å². The van der Waals surface area contributed by atoms with E-state index in [0.717, 1.165) is 10.4 Å². The van der Waals surface area contributed by atoms with E-state index in [1.807, 2.05) is 12.1 Å². The Hall–Kier alpha value is -0.280. The minimum absolute atomic E-state index is 0.280. The maximum atomic E-state index is 5.54. The molecule has 0 aliphatic carbocycles. The van der Waals surface area contributed by atoms with Crippen LogP contribution in [0.2, 0.25) is 0 Å². The maximum Gasteiger partial charge on any atom is 0.169 e. The molecule has 0 radical (unpaired) electrons. The fourth-order valence-corrected chi connectivity index (χ4v) is 2.35. The van der Waals surface area contributed by atoms with Crippen LogP contribution in [0, 0.1) is 0 Å². The molecule has 0 aliphatic heterocycles. The zero-order chi connectivity index (χ0) is 12.7. The Morgan fingerprint density at radius 3 is 2.59 bits per heavy atom. The van der Waals surface area contributed by atoms with Gasteiger partial charge in [-0.3, -0.25) is 0 Å². The van der Waals surface area contributed by atoms with Crippen LogP contribution >= 0.6 is 15.9 Å². The second-order valence-electron chi connectivity index (χ2n) is 4.78. The van der Waals surface area contributed by atoms with Gasteiger partial charge in [-0.1, -0.05) is 32.6 Å². The van der Waals surface area contributed by atoms with Gasteiger partial charge in [0.2, 0.25) is 0 Å². The molecule has 1 rings (SSSR count). The molecule has 0 aliphatic rings. The van der Waals surface area contributed by atoms with Gasteiger partial charge in [-0.2, -0.15) is 0 Å². The summed E-state index contributed by atoms with van der Waals surface area (Å²) >= 11 is 3.33. The first-order valence-corrected chi connectivity index (χ1v) is 7.44. The summed E-state index contributed by atoms with van der Waals surface area (Å²) < 4.78 is 6.35. The SMILES string of the molecule is CCCCCCC(C)NC(C)c1ccc(Br)o1. The summed E-state index contributed by atoms with van der Waals surface area (Å²) in [4.78, 5) is 0. The van der Waals surface area contributed by atoms with Gasteiger partial charge < -0.3 is 9.73 Å². The third kappa shape index (κ3) is 5.73. The smallest absolute Gasteiger partial charge is 0.169 e. The summed E-state index contributed by atoms with van der Waals surface area (Å²) in [6, 6.07) is 4.79. The first kappa shape index (κ1) is 14.8. The van der Waals surface area contributed by atoms with Crippen LogP contribution in [0.3, 0.4) is 0 Å². The Bertz CT molecular complexity index is 311. The summed E-state index contributed by atoms with van der Waals surface area (Å²) in [6.07, 6.45) is 6.57. The zero-order valence-corrected chi connectivity index (χ0v) is 12.7. The molecule has 3 heteroatoms. The number of hydrogen-bond donors (Lipinski definition) is 1. The van der Waals surface area contributed by atoms with E-state index in [0.29, 0.717) is 6.04 Å². The molecule has 1 aromatic heterocycles. The maximum absolute atomic E-state index is 5.54. The van der Waals surface area contributed by atoms with Crippen LogP contribution in [0.1, 0.15) is 64.7 Å². The van der Waals surface area contributed by atoms with E-state index < -0.39 is 0 Å². The molecular weight excluding hydrogens is 278 g/mol. The molecule has 0 fully saturated rings. The van der Waals surface area contributed by atoms with Crippen molar-refractivity contribution in [3.05, 3.63) is 22.6 Å². The fraction of sp³-hybridized carbons (Fsp3) is 0.714. The van der Waals surface area contributed by atoms with Crippen LogP contribution in [-0.2, 0) is 0 Å². The molecule has 2 unspecified atom stereocenters. The number of hydrogen-bond acceptors (Lipinski definition) is 2. The van der Waals surface area contributed by atoms with Crippen molar-refractivity contribution in [1.29, 1.82) is 0 Å².